The third kappa shape index (κ3) is 4.36. The molecule has 34 heavy (non-hydrogen) atoms. The van der Waals surface area contributed by atoms with Crippen molar-refractivity contribution in [2.45, 2.75) is 25.9 Å². The summed E-state index contributed by atoms with van der Waals surface area (Å²) in [6.07, 6.45) is 5.58. The Morgan fingerprint density at radius 3 is 2.79 bits per heavy atom. The maximum Gasteiger partial charge on any atom is 0.420 e. The van der Waals surface area contributed by atoms with E-state index in [-0.39, 0.29) is 23.0 Å². The van der Waals surface area contributed by atoms with Crippen molar-refractivity contribution in [1.82, 2.24) is 20.1 Å². The summed E-state index contributed by atoms with van der Waals surface area (Å²) in [5.41, 5.74) is 2.49. The average Bonchev–Trinajstić information content (AvgIpc) is 3.44. The highest BCUT2D eigenvalue weighted by Gasteiger charge is 2.35. The number of fused-ring (bicyclic) bond motifs is 1. The lowest BCUT2D eigenvalue weighted by Gasteiger charge is -2.15. The van der Waals surface area contributed by atoms with Gasteiger partial charge in [0.2, 0.25) is 5.82 Å². The van der Waals surface area contributed by atoms with Crippen molar-refractivity contribution >= 4 is 11.0 Å². The normalized spacial score (nSPS) is 14.1. The molecule has 0 saturated carbocycles. The summed E-state index contributed by atoms with van der Waals surface area (Å²) in [5, 5.41) is 3.93. The van der Waals surface area contributed by atoms with Crippen LogP contribution in [0.3, 0.4) is 0 Å². The Morgan fingerprint density at radius 2 is 1.97 bits per heavy atom. The molecule has 6 nitrogen and oxygen atoms in total. The van der Waals surface area contributed by atoms with Gasteiger partial charge in [-0.05, 0) is 61.4 Å². The Morgan fingerprint density at radius 1 is 1.12 bits per heavy atom. The second-order valence-corrected chi connectivity index (χ2v) is 7.73. The third-order valence-corrected chi connectivity index (χ3v) is 5.44. The van der Waals surface area contributed by atoms with Crippen LogP contribution in [-0.4, -0.2) is 20.1 Å². The van der Waals surface area contributed by atoms with Crippen molar-refractivity contribution in [1.29, 1.82) is 0 Å². The maximum absolute atomic E-state index is 13.9. The summed E-state index contributed by atoms with van der Waals surface area (Å²) in [6.45, 7) is 1.99. The Hall–Kier alpha value is -4.14. The molecule has 0 spiro atoms. The number of hydrogen-bond donors (Lipinski definition) is 1. The van der Waals surface area contributed by atoms with Crippen LogP contribution in [0.1, 0.15) is 25.3 Å². The molecule has 0 aliphatic heterocycles. The second-order valence-electron chi connectivity index (χ2n) is 7.73. The van der Waals surface area contributed by atoms with E-state index in [2.05, 4.69) is 20.1 Å². The van der Waals surface area contributed by atoms with Gasteiger partial charge in [-0.3, -0.25) is 0 Å². The standard InChI is InChI=1S/C25H19F3N4O2/c1-2-15-5-3-4-6-18(11-15)33-22-10-8-17(12-19(22)25(26,27)28)24-31-23(32-34-24)16-7-9-20-21(13-16)30-14-29-20/h3-4,6-14H,2,5H2,1H3,(H,29,30). The number of H-pyrrole nitrogens is 1. The summed E-state index contributed by atoms with van der Waals surface area (Å²) in [6, 6.07) is 9.05. The van der Waals surface area contributed by atoms with Gasteiger partial charge in [-0.25, -0.2) is 4.98 Å². The van der Waals surface area contributed by atoms with E-state index in [1.165, 1.54) is 12.1 Å². The number of rotatable bonds is 5. The predicted molar refractivity (Wildman–Crippen MR) is 121 cm³/mol. The van der Waals surface area contributed by atoms with Crippen LogP contribution in [-0.2, 0) is 6.18 Å². The largest absolute Gasteiger partial charge is 0.457 e. The molecule has 2 aromatic carbocycles. The molecule has 172 valence electrons. The van der Waals surface area contributed by atoms with Crippen LogP contribution >= 0.6 is 0 Å². The van der Waals surface area contributed by atoms with Crippen molar-refractivity contribution in [3.8, 4) is 28.6 Å². The van der Waals surface area contributed by atoms with E-state index in [0.29, 0.717) is 11.3 Å². The fourth-order valence-corrected chi connectivity index (χ4v) is 3.63. The molecule has 1 N–H and O–H groups in total. The summed E-state index contributed by atoms with van der Waals surface area (Å²) >= 11 is 0. The minimum absolute atomic E-state index is 0.0264. The number of nitrogens with zero attached hydrogens (tertiary/aromatic N) is 3. The topological polar surface area (TPSA) is 76.8 Å². The van der Waals surface area contributed by atoms with Crippen LogP contribution in [0.2, 0.25) is 0 Å². The first-order valence-corrected chi connectivity index (χ1v) is 10.6. The summed E-state index contributed by atoms with van der Waals surface area (Å²) in [4.78, 5) is 11.4. The first kappa shape index (κ1) is 21.7. The lowest BCUT2D eigenvalue weighted by Crippen LogP contribution is -2.09. The molecule has 0 atom stereocenters. The molecule has 0 radical (unpaired) electrons. The van der Waals surface area contributed by atoms with Crippen molar-refractivity contribution in [2.75, 3.05) is 0 Å². The SMILES string of the molecule is CCC1=CC(Oc2ccc(-c3nc(-c4ccc5nc[nH]c5c4)no3)cc2C(F)(F)F)=CC=CC1. The van der Waals surface area contributed by atoms with Crippen LogP contribution in [0.25, 0.3) is 33.9 Å². The van der Waals surface area contributed by atoms with E-state index in [9.17, 15) is 13.2 Å². The van der Waals surface area contributed by atoms with Crippen molar-refractivity contribution in [3.63, 3.8) is 0 Å². The van der Waals surface area contributed by atoms with Gasteiger partial charge in [0.25, 0.3) is 5.89 Å². The number of aromatic nitrogens is 4. The second kappa shape index (κ2) is 8.66. The van der Waals surface area contributed by atoms with Gasteiger partial charge in [0.15, 0.2) is 0 Å². The number of aromatic amines is 1. The summed E-state index contributed by atoms with van der Waals surface area (Å²) in [7, 11) is 0. The Balaban J connectivity index is 1.48. The molecule has 1 aliphatic rings. The van der Waals surface area contributed by atoms with E-state index >= 15 is 0 Å². The van der Waals surface area contributed by atoms with Gasteiger partial charge in [0, 0.05) is 11.1 Å². The van der Waals surface area contributed by atoms with Crippen LogP contribution < -0.4 is 4.74 Å². The van der Waals surface area contributed by atoms with Gasteiger partial charge in [0.1, 0.15) is 11.5 Å². The van der Waals surface area contributed by atoms with Crippen molar-refractivity contribution in [2.24, 2.45) is 0 Å². The Kier molecular flexibility index (Phi) is 5.53. The molecule has 5 rings (SSSR count). The number of benzene rings is 2. The van der Waals surface area contributed by atoms with E-state index < -0.39 is 11.7 Å². The van der Waals surface area contributed by atoms with Crippen LogP contribution in [0.4, 0.5) is 13.2 Å². The number of imidazole rings is 1. The molecule has 0 bridgehead atoms. The zero-order valence-corrected chi connectivity index (χ0v) is 18.1. The molecule has 9 heteroatoms. The number of allylic oxidation sites excluding steroid dienone is 5. The van der Waals surface area contributed by atoms with Crippen LogP contribution in [0, 0.1) is 0 Å². The highest BCUT2D eigenvalue weighted by molar-refractivity contribution is 5.80. The number of nitrogens with one attached hydrogen (secondary N) is 1. The van der Waals surface area contributed by atoms with Crippen molar-refractivity contribution < 1.29 is 22.4 Å². The maximum atomic E-state index is 13.9. The zero-order chi connectivity index (χ0) is 23.7. The van der Waals surface area contributed by atoms with E-state index in [4.69, 9.17) is 9.26 Å². The lowest BCUT2D eigenvalue weighted by molar-refractivity contribution is -0.138. The molecule has 1 aliphatic carbocycles. The molecular formula is C25H19F3N4O2. The Labute approximate surface area is 192 Å². The van der Waals surface area contributed by atoms with Gasteiger partial charge >= 0.3 is 6.18 Å². The Bertz CT molecular complexity index is 1440. The van der Waals surface area contributed by atoms with E-state index in [1.807, 2.05) is 13.0 Å². The van der Waals surface area contributed by atoms with E-state index in [0.717, 1.165) is 35.5 Å². The lowest BCUT2D eigenvalue weighted by atomic mass is 10.1. The fourth-order valence-electron chi connectivity index (χ4n) is 3.63. The molecule has 4 aromatic rings. The first-order valence-electron chi connectivity index (χ1n) is 10.6. The van der Waals surface area contributed by atoms with Gasteiger partial charge in [-0.2, -0.15) is 18.2 Å². The molecule has 2 aromatic heterocycles. The molecular weight excluding hydrogens is 445 g/mol. The highest BCUT2D eigenvalue weighted by atomic mass is 19.4. The summed E-state index contributed by atoms with van der Waals surface area (Å²) < 4.78 is 52.7. The number of alkyl halides is 3. The van der Waals surface area contributed by atoms with E-state index in [1.54, 1.807) is 42.8 Å². The van der Waals surface area contributed by atoms with Crippen molar-refractivity contribution in [3.05, 3.63) is 83.9 Å². The monoisotopic (exact) mass is 464 g/mol. The van der Waals surface area contributed by atoms with Gasteiger partial charge in [-0.15, -0.1) is 0 Å². The smallest absolute Gasteiger partial charge is 0.420 e. The minimum atomic E-state index is -4.64. The number of hydrogen-bond acceptors (Lipinski definition) is 5. The fraction of sp³-hybridized carbons (Fsp3) is 0.160. The van der Waals surface area contributed by atoms with Gasteiger partial charge in [-0.1, -0.05) is 29.8 Å². The quantitative estimate of drug-likeness (QED) is 0.349. The molecule has 0 saturated heterocycles. The minimum Gasteiger partial charge on any atom is -0.457 e. The number of ether oxygens (including phenoxy) is 1. The summed E-state index contributed by atoms with van der Waals surface area (Å²) in [5.74, 6) is 0.279. The first-order chi connectivity index (χ1) is 16.4. The third-order valence-electron chi connectivity index (χ3n) is 5.44. The highest BCUT2D eigenvalue weighted by Crippen LogP contribution is 2.40. The molecule has 0 unspecified atom stereocenters. The molecule has 0 fully saturated rings. The van der Waals surface area contributed by atoms with Gasteiger partial charge < -0.3 is 14.2 Å². The zero-order valence-electron chi connectivity index (χ0n) is 18.1. The predicted octanol–water partition coefficient (Wildman–Crippen LogP) is 6.86. The average molecular weight is 464 g/mol. The van der Waals surface area contributed by atoms with Crippen LogP contribution in [0.15, 0.2) is 82.9 Å². The van der Waals surface area contributed by atoms with Crippen LogP contribution in [0.5, 0.6) is 5.75 Å². The number of halogens is 3. The molecule has 0 amide bonds. The molecule has 2 heterocycles. The van der Waals surface area contributed by atoms with Gasteiger partial charge in [0.05, 0.1) is 22.9 Å².